The Morgan fingerprint density at radius 3 is 2.76 bits per heavy atom. The van der Waals surface area contributed by atoms with Crippen LogP contribution < -0.4 is 20.7 Å². The normalized spacial score (nSPS) is 18.3. The molecule has 1 aliphatic rings. The minimum Gasteiger partial charge on any atom is -0.432 e. The van der Waals surface area contributed by atoms with E-state index in [1.807, 2.05) is 0 Å². The van der Waals surface area contributed by atoms with Gasteiger partial charge in [-0.2, -0.15) is 8.78 Å². The molecule has 1 fully saturated rings. The number of rotatable bonds is 4. The van der Waals surface area contributed by atoms with E-state index >= 15 is 0 Å². The van der Waals surface area contributed by atoms with Crippen LogP contribution in [0.25, 0.3) is 0 Å². The van der Waals surface area contributed by atoms with Gasteiger partial charge < -0.3 is 15.4 Å². The number of carbonyl (C=O) groups is 2. The van der Waals surface area contributed by atoms with E-state index in [2.05, 4.69) is 20.7 Å². The predicted molar refractivity (Wildman–Crippen MR) is 66.5 cm³/mol. The molecule has 6 nitrogen and oxygen atoms in total. The zero-order chi connectivity index (χ0) is 15.4. The standard InChI is InChI=1S/C12H12F3N3O3/c13-7-3-6(1-2-9(7)21-12(14)15)18-11(20)8-4-17-10(19)5-16-8/h1-3,8,12,16H,4-5H2,(H,17,19)(H,18,20). The lowest BCUT2D eigenvalue weighted by Gasteiger charge is -2.23. The van der Waals surface area contributed by atoms with Crippen molar-refractivity contribution in [2.24, 2.45) is 0 Å². The van der Waals surface area contributed by atoms with Crippen molar-refractivity contribution in [3.63, 3.8) is 0 Å². The number of alkyl halides is 2. The summed E-state index contributed by atoms with van der Waals surface area (Å²) in [6, 6.07) is 2.45. The first-order valence-electron chi connectivity index (χ1n) is 6.01. The number of hydrogen-bond acceptors (Lipinski definition) is 4. The average Bonchev–Trinajstić information content (AvgIpc) is 2.42. The fraction of sp³-hybridized carbons (Fsp3) is 0.333. The van der Waals surface area contributed by atoms with Crippen LogP contribution in [-0.2, 0) is 9.59 Å². The second-order valence-electron chi connectivity index (χ2n) is 4.25. The SMILES string of the molecule is O=C1CNC(C(=O)Nc2ccc(OC(F)F)c(F)c2)CN1. The lowest BCUT2D eigenvalue weighted by molar-refractivity contribution is -0.124. The quantitative estimate of drug-likeness (QED) is 0.755. The molecule has 1 aliphatic heterocycles. The van der Waals surface area contributed by atoms with Crippen molar-refractivity contribution in [3.05, 3.63) is 24.0 Å². The number of halogens is 3. The van der Waals surface area contributed by atoms with Crippen LogP contribution in [0.1, 0.15) is 0 Å². The summed E-state index contributed by atoms with van der Waals surface area (Å²) in [6.07, 6.45) is 0. The van der Waals surface area contributed by atoms with Crippen molar-refractivity contribution in [3.8, 4) is 5.75 Å². The molecule has 1 aromatic carbocycles. The van der Waals surface area contributed by atoms with Gasteiger partial charge >= 0.3 is 6.61 Å². The highest BCUT2D eigenvalue weighted by molar-refractivity contribution is 5.96. The summed E-state index contributed by atoms with van der Waals surface area (Å²) in [7, 11) is 0. The third-order valence-electron chi connectivity index (χ3n) is 2.74. The lowest BCUT2D eigenvalue weighted by atomic mass is 10.2. The van der Waals surface area contributed by atoms with Crippen molar-refractivity contribution in [2.45, 2.75) is 12.7 Å². The molecule has 1 unspecified atom stereocenters. The maximum atomic E-state index is 13.5. The Balaban J connectivity index is 1.98. The number of ether oxygens (including phenoxy) is 1. The van der Waals surface area contributed by atoms with E-state index in [-0.39, 0.29) is 24.7 Å². The molecule has 0 aromatic heterocycles. The number of piperazine rings is 1. The molecule has 0 spiro atoms. The van der Waals surface area contributed by atoms with Gasteiger partial charge in [-0.1, -0.05) is 0 Å². The highest BCUT2D eigenvalue weighted by Gasteiger charge is 2.24. The van der Waals surface area contributed by atoms with Gasteiger partial charge in [-0.3, -0.25) is 14.9 Å². The molecule has 9 heteroatoms. The molecule has 3 N–H and O–H groups in total. The second-order valence-corrected chi connectivity index (χ2v) is 4.25. The Morgan fingerprint density at radius 2 is 2.19 bits per heavy atom. The fourth-order valence-corrected chi connectivity index (χ4v) is 1.75. The van der Waals surface area contributed by atoms with E-state index in [1.165, 1.54) is 6.07 Å². The van der Waals surface area contributed by atoms with Crippen LogP contribution in [0.15, 0.2) is 18.2 Å². The Morgan fingerprint density at radius 1 is 1.43 bits per heavy atom. The van der Waals surface area contributed by atoms with E-state index in [1.54, 1.807) is 0 Å². The zero-order valence-corrected chi connectivity index (χ0v) is 10.7. The highest BCUT2D eigenvalue weighted by atomic mass is 19.3. The molecule has 2 amide bonds. The highest BCUT2D eigenvalue weighted by Crippen LogP contribution is 2.22. The number of nitrogens with one attached hydrogen (secondary N) is 3. The molecular weight excluding hydrogens is 291 g/mol. The first-order valence-corrected chi connectivity index (χ1v) is 6.01. The first kappa shape index (κ1) is 15.1. The zero-order valence-electron chi connectivity index (χ0n) is 10.7. The monoisotopic (exact) mass is 303 g/mol. The smallest absolute Gasteiger partial charge is 0.387 e. The summed E-state index contributed by atoms with van der Waals surface area (Å²) in [6.45, 7) is -3.01. The van der Waals surface area contributed by atoms with Gasteiger partial charge in [0.25, 0.3) is 0 Å². The molecule has 0 aliphatic carbocycles. The van der Waals surface area contributed by atoms with E-state index in [4.69, 9.17) is 0 Å². The van der Waals surface area contributed by atoms with Crippen LogP contribution in [0.3, 0.4) is 0 Å². The van der Waals surface area contributed by atoms with E-state index in [0.717, 1.165) is 12.1 Å². The van der Waals surface area contributed by atoms with Crippen molar-refractivity contribution in [1.29, 1.82) is 0 Å². The molecular formula is C12H12F3N3O3. The lowest BCUT2D eigenvalue weighted by Crippen LogP contribution is -2.56. The molecule has 114 valence electrons. The third-order valence-corrected chi connectivity index (χ3v) is 2.74. The van der Waals surface area contributed by atoms with Gasteiger partial charge in [0.1, 0.15) is 6.04 Å². The summed E-state index contributed by atoms with van der Waals surface area (Å²) >= 11 is 0. The van der Waals surface area contributed by atoms with Gasteiger partial charge in [-0.25, -0.2) is 4.39 Å². The summed E-state index contributed by atoms with van der Waals surface area (Å²) in [4.78, 5) is 22.8. The fourth-order valence-electron chi connectivity index (χ4n) is 1.75. The van der Waals surface area contributed by atoms with E-state index in [0.29, 0.717) is 0 Å². The molecule has 1 saturated heterocycles. The number of carbonyl (C=O) groups excluding carboxylic acids is 2. The number of anilines is 1. The Bertz CT molecular complexity index is 544. The van der Waals surface area contributed by atoms with Crippen LogP contribution in [0.5, 0.6) is 5.75 Å². The number of hydrogen-bond donors (Lipinski definition) is 3. The van der Waals surface area contributed by atoms with Crippen LogP contribution in [0.2, 0.25) is 0 Å². The topological polar surface area (TPSA) is 79.5 Å². The van der Waals surface area contributed by atoms with Gasteiger partial charge in [0.15, 0.2) is 11.6 Å². The van der Waals surface area contributed by atoms with E-state index in [9.17, 15) is 22.8 Å². The van der Waals surface area contributed by atoms with Crippen LogP contribution >= 0.6 is 0 Å². The van der Waals surface area contributed by atoms with Crippen molar-refractivity contribution in [1.82, 2.24) is 10.6 Å². The maximum Gasteiger partial charge on any atom is 0.387 e. The summed E-state index contributed by atoms with van der Waals surface area (Å²) < 4.78 is 41.4. The molecule has 0 bridgehead atoms. The Labute approximate surface area is 117 Å². The van der Waals surface area contributed by atoms with Gasteiger partial charge in [-0.05, 0) is 12.1 Å². The van der Waals surface area contributed by atoms with Gasteiger partial charge in [0.2, 0.25) is 11.8 Å². The minimum absolute atomic E-state index is 0.00755. The number of amides is 2. The van der Waals surface area contributed by atoms with Crippen LogP contribution in [0.4, 0.5) is 18.9 Å². The molecule has 2 rings (SSSR count). The maximum absolute atomic E-state index is 13.5. The summed E-state index contributed by atoms with van der Waals surface area (Å²) in [5, 5.41) is 7.61. The Kier molecular flexibility index (Phi) is 4.63. The molecule has 0 radical (unpaired) electrons. The van der Waals surface area contributed by atoms with Gasteiger partial charge in [0.05, 0.1) is 6.54 Å². The minimum atomic E-state index is -3.13. The van der Waals surface area contributed by atoms with Crippen LogP contribution in [0, 0.1) is 5.82 Å². The third kappa shape index (κ3) is 4.09. The van der Waals surface area contributed by atoms with Crippen LogP contribution in [-0.4, -0.2) is 37.6 Å². The first-order chi connectivity index (χ1) is 9.95. The molecule has 1 aromatic rings. The van der Waals surface area contributed by atoms with Crippen molar-refractivity contribution >= 4 is 17.5 Å². The number of benzene rings is 1. The molecule has 1 heterocycles. The second kappa shape index (κ2) is 6.44. The molecule has 0 saturated carbocycles. The largest absolute Gasteiger partial charge is 0.432 e. The predicted octanol–water partition coefficient (Wildman–Crippen LogP) is 0.454. The van der Waals surface area contributed by atoms with E-state index < -0.39 is 30.1 Å². The molecule has 21 heavy (non-hydrogen) atoms. The Hall–Kier alpha value is -2.29. The van der Waals surface area contributed by atoms with Gasteiger partial charge in [0, 0.05) is 18.3 Å². The van der Waals surface area contributed by atoms with Crippen molar-refractivity contribution in [2.75, 3.05) is 18.4 Å². The summed E-state index contributed by atoms with van der Waals surface area (Å²) in [5.41, 5.74) is 0.0952. The van der Waals surface area contributed by atoms with Crippen molar-refractivity contribution < 1.29 is 27.5 Å². The van der Waals surface area contributed by atoms with Gasteiger partial charge in [-0.15, -0.1) is 0 Å². The average molecular weight is 303 g/mol. The summed E-state index contributed by atoms with van der Waals surface area (Å²) in [5.74, 6) is -2.32. The molecule has 1 atom stereocenters.